The number of rotatable bonds is 8. The molecule has 0 fully saturated rings. The Hall–Kier alpha value is -1.60. The molecule has 2 unspecified atom stereocenters. The van der Waals surface area contributed by atoms with Crippen LogP contribution in [0, 0.1) is 6.92 Å². The number of hydrogen-bond acceptors (Lipinski definition) is 3. The number of carbonyl (C=O) groups excluding carboxylic acids is 1. The topological polar surface area (TPSA) is 41.6 Å². The second-order valence-electron chi connectivity index (χ2n) is 5.89. The molecule has 0 bridgehead atoms. The quantitative estimate of drug-likeness (QED) is 0.785. The van der Waals surface area contributed by atoms with Crippen LogP contribution in [0.1, 0.15) is 25.8 Å². The maximum atomic E-state index is 12.6. The van der Waals surface area contributed by atoms with Crippen LogP contribution >= 0.6 is 0 Å². The van der Waals surface area contributed by atoms with Crippen molar-refractivity contribution in [3.05, 3.63) is 29.8 Å². The van der Waals surface area contributed by atoms with Crippen molar-refractivity contribution >= 4 is 11.6 Å². The van der Waals surface area contributed by atoms with Crippen molar-refractivity contribution in [2.75, 3.05) is 25.2 Å². The molecule has 0 saturated heterocycles. The van der Waals surface area contributed by atoms with Crippen molar-refractivity contribution in [2.45, 2.75) is 45.5 Å². The van der Waals surface area contributed by atoms with Gasteiger partial charge in [0.1, 0.15) is 6.61 Å². The third-order valence-electron chi connectivity index (χ3n) is 3.58. The summed E-state index contributed by atoms with van der Waals surface area (Å²) in [5.41, 5.74) is 1.87. The zero-order chi connectivity index (χ0) is 18.3. The maximum Gasteiger partial charge on any atom is 0.411 e. The van der Waals surface area contributed by atoms with E-state index in [1.54, 1.807) is 18.9 Å². The number of carbonyl (C=O) groups is 1. The first-order valence-electron chi connectivity index (χ1n) is 7.88. The summed E-state index contributed by atoms with van der Waals surface area (Å²) >= 11 is 0. The van der Waals surface area contributed by atoms with Crippen molar-refractivity contribution in [3.63, 3.8) is 0 Å². The second kappa shape index (κ2) is 9.03. The van der Waals surface area contributed by atoms with Gasteiger partial charge in [-0.3, -0.25) is 4.79 Å². The fraction of sp³-hybridized carbons (Fsp3) is 0.588. The van der Waals surface area contributed by atoms with Crippen LogP contribution in [-0.2, 0) is 9.53 Å². The van der Waals surface area contributed by atoms with Crippen LogP contribution in [0.4, 0.5) is 18.9 Å². The molecule has 136 valence electrons. The fourth-order valence-corrected chi connectivity index (χ4v) is 2.24. The Bertz CT molecular complexity index is 518. The SMILES string of the molecule is CCC(NC(C)COCC(F)(F)F)C(=O)N(C)c1ccc(C)cc1. The minimum atomic E-state index is -4.34. The van der Waals surface area contributed by atoms with Gasteiger partial charge in [0.2, 0.25) is 5.91 Å². The molecule has 2 atom stereocenters. The van der Waals surface area contributed by atoms with E-state index >= 15 is 0 Å². The predicted octanol–water partition coefficient (Wildman–Crippen LogP) is 3.29. The van der Waals surface area contributed by atoms with Gasteiger partial charge < -0.3 is 15.0 Å². The van der Waals surface area contributed by atoms with Crippen LogP contribution in [0.25, 0.3) is 0 Å². The van der Waals surface area contributed by atoms with E-state index in [1.807, 2.05) is 38.1 Å². The number of likely N-dealkylation sites (N-methyl/N-ethyl adjacent to an activating group) is 1. The van der Waals surface area contributed by atoms with Gasteiger partial charge in [-0.15, -0.1) is 0 Å². The van der Waals surface area contributed by atoms with Gasteiger partial charge in [-0.1, -0.05) is 24.6 Å². The predicted molar refractivity (Wildman–Crippen MR) is 88.1 cm³/mol. The van der Waals surface area contributed by atoms with Crippen LogP contribution in [0.3, 0.4) is 0 Å². The molecule has 0 aromatic heterocycles. The van der Waals surface area contributed by atoms with Gasteiger partial charge in [-0.2, -0.15) is 13.2 Å². The summed E-state index contributed by atoms with van der Waals surface area (Å²) in [5, 5.41) is 3.03. The number of benzene rings is 1. The van der Waals surface area contributed by atoms with Gasteiger partial charge in [0.15, 0.2) is 0 Å². The van der Waals surface area contributed by atoms with Crippen molar-refractivity contribution < 1.29 is 22.7 Å². The highest BCUT2D eigenvalue weighted by Crippen LogP contribution is 2.16. The number of nitrogens with one attached hydrogen (secondary N) is 1. The molecule has 0 radical (unpaired) electrons. The molecule has 1 amide bonds. The van der Waals surface area contributed by atoms with Crippen LogP contribution < -0.4 is 10.2 Å². The van der Waals surface area contributed by atoms with E-state index in [1.165, 1.54) is 0 Å². The molecule has 0 aliphatic rings. The summed E-state index contributed by atoms with van der Waals surface area (Å²) < 4.78 is 40.9. The Morgan fingerprint density at radius 1 is 1.29 bits per heavy atom. The molecule has 0 saturated carbocycles. The van der Waals surface area contributed by atoms with Gasteiger partial charge in [0.05, 0.1) is 12.6 Å². The van der Waals surface area contributed by atoms with Gasteiger partial charge in [0, 0.05) is 18.8 Å². The molecule has 0 aliphatic carbocycles. The highest BCUT2D eigenvalue weighted by atomic mass is 19.4. The van der Waals surface area contributed by atoms with Crippen molar-refractivity contribution in [2.24, 2.45) is 0 Å². The summed E-state index contributed by atoms with van der Waals surface area (Å²) in [7, 11) is 1.68. The number of nitrogens with zero attached hydrogens (tertiary/aromatic N) is 1. The van der Waals surface area contributed by atoms with E-state index < -0.39 is 18.8 Å². The number of halogens is 3. The van der Waals surface area contributed by atoms with Crippen molar-refractivity contribution in [1.82, 2.24) is 5.32 Å². The Morgan fingerprint density at radius 2 is 1.88 bits per heavy atom. The lowest BCUT2D eigenvalue weighted by Crippen LogP contribution is -2.49. The lowest BCUT2D eigenvalue weighted by Gasteiger charge is -2.26. The summed E-state index contributed by atoms with van der Waals surface area (Å²) in [6.45, 7) is 4.11. The van der Waals surface area contributed by atoms with E-state index in [0.717, 1.165) is 11.3 Å². The molecule has 1 rings (SSSR count). The standard InChI is InChI=1S/C17H25F3N2O2/c1-5-15(21-13(3)10-24-11-17(18,19)20)16(23)22(4)14-8-6-12(2)7-9-14/h6-9,13,15,21H,5,10-11H2,1-4H3. The highest BCUT2D eigenvalue weighted by molar-refractivity contribution is 5.96. The third kappa shape index (κ3) is 6.88. The van der Waals surface area contributed by atoms with Crippen LogP contribution in [0.2, 0.25) is 0 Å². The first-order chi connectivity index (χ1) is 11.1. The monoisotopic (exact) mass is 346 g/mol. The van der Waals surface area contributed by atoms with E-state index in [2.05, 4.69) is 10.1 Å². The average Bonchev–Trinajstić information content (AvgIpc) is 2.50. The number of amides is 1. The lowest BCUT2D eigenvalue weighted by molar-refractivity contribution is -0.175. The molecule has 0 aliphatic heterocycles. The Kier molecular flexibility index (Phi) is 7.69. The Balaban J connectivity index is 2.57. The van der Waals surface area contributed by atoms with Crippen LogP contribution in [-0.4, -0.2) is 44.4 Å². The number of ether oxygens (including phenoxy) is 1. The fourth-order valence-electron chi connectivity index (χ4n) is 2.24. The van der Waals surface area contributed by atoms with E-state index in [4.69, 9.17) is 0 Å². The third-order valence-corrected chi connectivity index (χ3v) is 3.58. The number of alkyl halides is 3. The Labute approximate surface area is 141 Å². The minimum Gasteiger partial charge on any atom is -0.370 e. The summed E-state index contributed by atoms with van der Waals surface area (Å²) in [4.78, 5) is 14.1. The van der Waals surface area contributed by atoms with Crippen LogP contribution in [0.15, 0.2) is 24.3 Å². The van der Waals surface area contributed by atoms with E-state index in [0.29, 0.717) is 6.42 Å². The molecule has 1 aromatic rings. The highest BCUT2D eigenvalue weighted by Gasteiger charge is 2.28. The van der Waals surface area contributed by atoms with Crippen molar-refractivity contribution in [3.8, 4) is 0 Å². The molecule has 1 aromatic carbocycles. The molecule has 0 spiro atoms. The average molecular weight is 346 g/mol. The zero-order valence-corrected chi connectivity index (χ0v) is 14.5. The van der Waals surface area contributed by atoms with Crippen LogP contribution in [0.5, 0.6) is 0 Å². The molecule has 0 heterocycles. The lowest BCUT2D eigenvalue weighted by atomic mass is 10.1. The normalized spacial score (nSPS) is 14.3. The summed E-state index contributed by atoms with van der Waals surface area (Å²) in [6.07, 6.45) is -3.82. The zero-order valence-electron chi connectivity index (χ0n) is 14.5. The number of aryl methyl sites for hydroxylation is 1. The Morgan fingerprint density at radius 3 is 2.38 bits per heavy atom. The van der Waals surface area contributed by atoms with E-state index in [9.17, 15) is 18.0 Å². The van der Waals surface area contributed by atoms with Gasteiger partial charge in [0.25, 0.3) is 0 Å². The van der Waals surface area contributed by atoms with Gasteiger partial charge in [-0.05, 0) is 32.4 Å². The number of hydrogen-bond donors (Lipinski definition) is 1. The summed E-state index contributed by atoms with van der Waals surface area (Å²) in [6, 6.07) is 6.70. The maximum absolute atomic E-state index is 12.6. The molecule has 4 nitrogen and oxygen atoms in total. The first kappa shape index (κ1) is 20.4. The summed E-state index contributed by atoms with van der Waals surface area (Å²) in [5.74, 6) is -0.135. The van der Waals surface area contributed by atoms with E-state index in [-0.39, 0.29) is 18.6 Å². The number of anilines is 1. The molecule has 7 heteroatoms. The van der Waals surface area contributed by atoms with Crippen molar-refractivity contribution in [1.29, 1.82) is 0 Å². The first-order valence-corrected chi connectivity index (χ1v) is 7.88. The largest absolute Gasteiger partial charge is 0.411 e. The molecular weight excluding hydrogens is 321 g/mol. The molecule has 1 N–H and O–H groups in total. The second-order valence-corrected chi connectivity index (χ2v) is 5.89. The van der Waals surface area contributed by atoms with Gasteiger partial charge >= 0.3 is 6.18 Å². The smallest absolute Gasteiger partial charge is 0.370 e. The molecule has 24 heavy (non-hydrogen) atoms. The van der Waals surface area contributed by atoms with Gasteiger partial charge in [-0.25, -0.2) is 0 Å². The molecular formula is C17H25F3N2O2. The minimum absolute atomic E-state index is 0.114.